The van der Waals surface area contributed by atoms with Gasteiger partial charge in [-0.3, -0.25) is 4.79 Å². The minimum absolute atomic E-state index is 0.0138. The van der Waals surface area contributed by atoms with Gasteiger partial charge in [0.25, 0.3) is 0 Å². The third-order valence-electron chi connectivity index (χ3n) is 3.32. The SMILES string of the molecule is O=C(/C=C/c1ccc(-c2ccccc2F)o1)N1CCC1. The predicted molar refractivity (Wildman–Crippen MR) is 74.3 cm³/mol. The lowest BCUT2D eigenvalue weighted by atomic mass is 10.1. The molecule has 0 radical (unpaired) electrons. The second-order valence-electron chi connectivity index (χ2n) is 4.69. The molecule has 2 heterocycles. The average molecular weight is 271 g/mol. The minimum atomic E-state index is -0.325. The highest BCUT2D eigenvalue weighted by atomic mass is 19.1. The van der Waals surface area contributed by atoms with Crippen LogP contribution in [-0.2, 0) is 4.79 Å². The molecule has 1 aliphatic heterocycles. The summed E-state index contributed by atoms with van der Waals surface area (Å²) in [5.74, 6) is 0.658. The summed E-state index contributed by atoms with van der Waals surface area (Å²) in [5, 5.41) is 0. The maximum Gasteiger partial charge on any atom is 0.246 e. The summed E-state index contributed by atoms with van der Waals surface area (Å²) in [4.78, 5) is 13.4. The molecule has 0 atom stereocenters. The smallest absolute Gasteiger partial charge is 0.246 e. The zero-order valence-electron chi connectivity index (χ0n) is 10.9. The highest BCUT2D eigenvalue weighted by Gasteiger charge is 2.17. The van der Waals surface area contributed by atoms with E-state index in [0.717, 1.165) is 19.5 Å². The molecule has 1 aromatic heterocycles. The third kappa shape index (κ3) is 2.50. The molecule has 2 aromatic rings. The van der Waals surface area contributed by atoms with Crippen molar-refractivity contribution in [1.82, 2.24) is 4.90 Å². The molecule has 0 spiro atoms. The topological polar surface area (TPSA) is 33.5 Å². The number of hydrogen-bond acceptors (Lipinski definition) is 2. The normalized spacial score (nSPS) is 14.6. The Morgan fingerprint density at radius 1 is 1.20 bits per heavy atom. The van der Waals surface area contributed by atoms with Crippen LogP contribution in [0.1, 0.15) is 12.2 Å². The number of rotatable bonds is 3. The van der Waals surface area contributed by atoms with Crippen molar-refractivity contribution >= 4 is 12.0 Å². The van der Waals surface area contributed by atoms with Crippen LogP contribution in [0.25, 0.3) is 17.4 Å². The van der Waals surface area contributed by atoms with E-state index in [0.29, 0.717) is 17.1 Å². The molecule has 1 amide bonds. The third-order valence-corrected chi connectivity index (χ3v) is 3.32. The minimum Gasteiger partial charge on any atom is -0.457 e. The van der Waals surface area contributed by atoms with E-state index in [1.807, 2.05) is 0 Å². The van der Waals surface area contributed by atoms with Crippen molar-refractivity contribution in [3.05, 3.63) is 54.1 Å². The van der Waals surface area contributed by atoms with Crippen molar-refractivity contribution in [2.24, 2.45) is 0 Å². The monoisotopic (exact) mass is 271 g/mol. The number of carbonyl (C=O) groups excluding carboxylic acids is 1. The zero-order chi connectivity index (χ0) is 13.9. The summed E-state index contributed by atoms with van der Waals surface area (Å²) >= 11 is 0. The highest BCUT2D eigenvalue weighted by molar-refractivity contribution is 5.91. The van der Waals surface area contributed by atoms with Gasteiger partial charge in [-0.1, -0.05) is 12.1 Å². The molecular weight excluding hydrogens is 257 g/mol. The standard InChI is InChI=1S/C16H14FNO2/c17-14-5-2-1-4-13(14)15-8-6-12(20-15)7-9-16(19)18-10-3-11-18/h1-2,4-9H,3,10-11H2/b9-7+. The van der Waals surface area contributed by atoms with Crippen LogP contribution in [0.4, 0.5) is 4.39 Å². The fourth-order valence-electron chi connectivity index (χ4n) is 2.04. The lowest BCUT2D eigenvalue weighted by Crippen LogP contribution is -2.40. The first-order valence-electron chi connectivity index (χ1n) is 6.56. The van der Waals surface area contributed by atoms with Gasteiger partial charge in [-0.15, -0.1) is 0 Å². The maximum atomic E-state index is 13.6. The van der Waals surface area contributed by atoms with Crippen LogP contribution < -0.4 is 0 Å². The molecule has 1 fully saturated rings. The Bertz CT molecular complexity index is 656. The largest absolute Gasteiger partial charge is 0.457 e. The number of nitrogens with zero attached hydrogens (tertiary/aromatic N) is 1. The summed E-state index contributed by atoms with van der Waals surface area (Å²) in [6, 6.07) is 9.86. The van der Waals surface area contributed by atoms with Gasteiger partial charge in [0.2, 0.25) is 5.91 Å². The lowest BCUT2D eigenvalue weighted by Gasteiger charge is -2.29. The van der Waals surface area contributed by atoms with Crippen LogP contribution in [-0.4, -0.2) is 23.9 Å². The number of likely N-dealkylation sites (tertiary alicyclic amines) is 1. The Morgan fingerprint density at radius 3 is 2.70 bits per heavy atom. The van der Waals surface area contributed by atoms with Crippen molar-refractivity contribution in [1.29, 1.82) is 0 Å². The van der Waals surface area contributed by atoms with E-state index in [2.05, 4.69) is 0 Å². The Kier molecular flexibility index (Phi) is 3.37. The molecule has 1 aromatic carbocycles. The van der Waals surface area contributed by atoms with Crippen LogP contribution in [0.5, 0.6) is 0 Å². The van der Waals surface area contributed by atoms with Gasteiger partial charge in [0.15, 0.2) is 0 Å². The first-order valence-corrected chi connectivity index (χ1v) is 6.56. The van der Waals surface area contributed by atoms with E-state index >= 15 is 0 Å². The quantitative estimate of drug-likeness (QED) is 0.802. The molecule has 3 rings (SSSR count). The molecule has 0 N–H and O–H groups in total. The fraction of sp³-hybridized carbons (Fsp3) is 0.188. The molecule has 0 bridgehead atoms. The molecule has 0 aliphatic carbocycles. The molecule has 3 nitrogen and oxygen atoms in total. The van der Waals surface area contributed by atoms with Crippen LogP contribution in [0, 0.1) is 5.82 Å². The molecule has 4 heteroatoms. The molecule has 20 heavy (non-hydrogen) atoms. The lowest BCUT2D eigenvalue weighted by molar-refractivity contribution is -0.129. The number of hydrogen-bond donors (Lipinski definition) is 0. The van der Waals surface area contributed by atoms with Crippen LogP contribution in [0.2, 0.25) is 0 Å². The van der Waals surface area contributed by atoms with E-state index < -0.39 is 0 Å². The van der Waals surface area contributed by atoms with Gasteiger partial charge in [-0.2, -0.15) is 0 Å². The summed E-state index contributed by atoms with van der Waals surface area (Å²) < 4.78 is 19.2. The van der Waals surface area contributed by atoms with Gasteiger partial charge < -0.3 is 9.32 Å². The Labute approximate surface area is 116 Å². The van der Waals surface area contributed by atoms with Gasteiger partial charge in [0.1, 0.15) is 17.3 Å². The van der Waals surface area contributed by atoms with Gasteiger partial charge in [-0.05, 0) is 36.8 Å². The van der Waals surface area contributed by atoms with Gasteiger partial charge in [0, 0.05) is 19.2 Å². The molecule has 0 saturated carbocycles. The summed E-state index contributed by atoms with van der Waals surface area (Å²) in [5.41, 5.74) is 0.418. The summed E-state index contributed by atoms with van der Waals surface area (Å²) in [7, 11) is 0. The zero-order valence-corrected chi connectivity index (χ0v) is 10.9. The predicted octanol–water partition coefficient (Wildman–Crippen LogP) is 3.33. The van der Waals surface area contributed by atoms with Crippen molar-refractivity contribution in [3.63, 3.8) is 0 Å². The van der Waals surface area contributed by atoms with Crippen molar-refractivity contribution < 1.29 is 13.6 Å². The number of halogens is 1. The summed E-state index contributed by atoms with van der Waals surface area (Å²) in [6.45, 7) is 1.64. The van der Waals surface area contributed by atoms with Gasteiger partial charge in [0.05, 0.1) is 5.56 Å². The Balaban J connectivity index is 1.75. The van der Waals surface area contributed by atoms with E-state index in [4.69, 9.17) is 4.42 Å². The highest BCUT2D eigenvalue weighted by Crippen LogP contribution is 2.25. The maximum absolute atomic E-state index is 13.6. The number of amides is 1. The summed E-state index contributed by atoms with van der Waals surface area (Å²) in [6.07, 6.45) is 4.17. The Hall–Kier alpha value is -2.36. The second kappa shape index (κ2) is 5.33. The van der Waals surface area contributed by atoms with Gasteiger partial charge in [-0.25, -0.2) is 4.39 Å². The van der Waals surface area contributed by atoms with Crippen molar-refractivity contribution in [2.45, 2.75) is 6.42 Å². The molecule has 102 valence electrons. The number of carbonyl (C=O) groups is 1. The first-order chi connectivity index (χ1) is 9.74. The van der Waals surface area contributed by atoms with E-state index in [9.17, 15) is 9.18 Å². The molecule has 0 unspecified atom stereocenters. The van der Waals surface area contributed by atoms with Crippen LogP contribution >= 0.6 is 0 Å². The average Bonchev–Trinajstić information content (AvgIpc) is 2.83. The van der Waals surface area contributed by atoms with Crippen molar-refractivity contribution in [3.8, 4) is 11.3 Å². The van der Waals surface area contributed by atoms with Crippen LogP contribution in [0.3, 0.4) is 0 Å². The second-order valence-corrected chi connectivity index (χ2v) is 4.69. The molecular formula is C16H14FNO2. The van der Waals surface area contributed by atoms with Gasteiger partial charge >= 0.3 is 0 Å². The molecule has 1 saturated heterocycles. The first kappa shape index (κ1) is 12.7. The fourth-order valence-corrected chi connectivity index (χ4v) is 2.04. The Morgan fingerprint density at radius 2 is 2.00 bits per heavy atom. The molecule has 1 aliphatic rings. The van der Waals surface area contributed by atoms with Crippen molar-refractivity contribution in [2.75, 3.05) is 13.1 Å². The van der Waals surface area contributed by atoms with E-state index in [1.165, 1.54) is 12.1 Å². The van der Waals surface area contributed by atoms with Crippen LogP contribution in [0.15, 0.2) is 46.9 Å². The van der Waals surface area contributed by atoms with E-state index in [-0.39, 0.29) is 11.7 Å². The number of benzene rings is 1. The number of furan rings is 1. The van der Waals surface area contributed by atoms with E-state index in [1.54, 1.807) is 41.3 Å².